The number of benzene rings is 2. The molecule has 0 aromatic heterocycles. The van der Waals surface area contributed by atoms with Gasteiger partial charge in [-0.15, -0.1) is 0 Å². The third kappa shape index (κ3) is 4.34. The quantitative estimate of drug-likeness (QED) is 0.829. The van der Waals surface area contributed by atoms with Gasteiger partial charge in [0.1, 0.15) is 5.75 Å². The van der Waals surface area contributed by atoms with Crippen LogP contribution in [0.1, 0.15) is 6.92 Å². The van der Waals surface area contributed by atoms with Gasteiger partial charge in [-0.2, -0.15) is 0 Å². The van der Waals surface area contributed by atoms with Gasteiger partial charge in [0.15, 0.2) is 12.7 Å². The molecule has 0 aliphatic heterocycles. The van der Waals surface area contributed by atoms with Crippen molar-refractivity contribution < 1.29 is 19.1 Å². The molecule has 2 aromatic carbocycles. The Morgan fingerprint density at radius 1 is 1.00 bits per heavy atom. The number of esters is 1. The number of carbonyl (C=O) groups is 2. The standard InChI is InChI=1S/C17H17NO4/c1-12(17(18)20)22-16(19)11-21-15-9-7-14(8-10-15)13-5-3-2-4-6-13/h2-10,12H,11H2,1H3,(H2,18,20)/t12-/m0/s1. The van der Waals surface area contributed by atoms with Crippen molar-refractivity contribution in [3.8, 4) is 16.9 Å². The lowest BCUT2D eigenvalue weighted by molar-refractivity contribution is -0.155. The van der Waals surface area contributed by atoms with Crippen molar-refractivity contribution in [3.05, 3.63) is 54.6 Å². The van der Waals surface area contributed by atoms with Crippen molar-refractivity contribution in [2.75, 3.05) is 6.61 Å². The Balaban J connectivity index is 1.89. The molecular weight excluding hydrogens is 282 g/mol. The number of hydrogen-bond donors (Lipinski definition) is 1. The lowest BCUT2D eigenvalue weighted by Crippen LogP contribution is -2.32. The van der Waals surface area contributed by atoms with Crippen LogP contribution in [-0.4, -0.2) is 24.6 Å². The zero-order valence-corrected chi connectivity index (χ0v) is 12.2. The highest BCUT2D eigenvalue weighted by Gasteiger charge is 2.14. The topological polar surface area (TPSA) is 78.6 Å². The molecule has 1 amide bonds. The van der Waals surface area contributed by atoms with Crippen LogP contribution in [0, 0.1) is 0 Å². The summed E-state index contributed by atoms with van der Waals surface area (Å²) in [6.45, 7) is 1.14. The van der Waals surface area contributed by atoms with Crippen LogP contribution in [0.4, 0.5) is 0 Å². The Labute approximate surface area is 128 Å². The molecule has 0 saturated heterocycles. The Hall–Kier alpha value is -2.82. The lowest BCUT2D eigenvalue weighted by atomic mass is 10.1. The number of ether oxygens (including phenoxy) is 2. The minimum absolute atomic E-state index is 0.275. The summed E-state index contributed by atoms with van der Waals surface area (Å²) in [5.74, 6) is -0.789. The van der Waals surface area contributed by atoms with Gasteiger partial charge in [-0.05, 0) is 30.2 Å². The third-order valence-electron chi connectivity index (χ3n) is 3.03. The molecule has 1 atom stereocenters. The molecule has 0 spiro atoms. The van der Waals surface area contributed by atoms with Crippen molar-refractivity contribution in [1.82, 2.24) is 0 Å². The molecule has 0 saturated carbocycles. The Kier molecular flexibility index (Phi) is 5.14. The van der Waals surface area contributed by atoms with Gasteiger partial charge in [-0.1, -0.05) is 42.5 Å². The van der Waals surface area contributed by atoms with Crippen LogP contribution >= 0.6 is 0 Å². The first-order valence-electron chi connectivity index (χ1n) is 6.83. The Morgan fingerprint density at radius 2 is 1.59 bits per heavy atom. The predicted octanol–water partition coefficient (Wildman–Crippen LogP) is 2.15. The maximum atomic E-state index is 11.5. The minimum atomic E-state index is -0.962. The summed E-state index contributed by atoms with van der Waals surface area (Å²) in [6.07, 6.45) is -0.962. The maximum Gasteiger partial charge on any atom is 0.344 e. The molecule has 2 aromatic rings. The van der Waals surface area contributed by atoms with E-state index in [-0.39, 0.29) is 6.61 Å². The van der Waals surface area contributed by atoms with Gasteiger partial charge in [0.25, 0.3) is 5.91 Å². The summed E-state index contributed by atoms with van der Waals surface area (Å²) in [5.41, 5.74) is 7.16. The summed E-state index contributed by atoms with van der Waals surface area (Å²) in [5, 5.41) is 0. The van der Waals surface area contributed by atoms with E-state index in [1.165, 1.54) is 6.92 Å². The fourth-order valence-corrected chi connectivity index (χ4v) is 1.81. The van der Waals surface area contributed by atoms with E-state index >= 15 is 0 Å². The number of rotatable bonds is 6. The van der Waals surface area contributed by atoms with Crippen LogP contribution < -0.4 is 10.5 Å². The van der Waals surface area contributed by atoms with Crippen LogP contribution in [0.5, 0.6) is 5.75 Å². The molecule has 0 radical (unpaired) electrons. The number of amides is 1. The summed E-state index contributed by atoms with van der Waals surface area (Å²) < 4.78 is 10.1. The third-order valence-corrected chi connectivity index (χ3v) is 3.03. The van der Waals surface area contributed by atoms with E-state index in [2.05, 4.69) is 0 Å². The molecule has 0 bridgehead atoms. The van der Waals surface area contributed by atoms with E-state index in [1.807, 2.05) is 42.5 Å². The molecule has 5 heteroatoms. The van der Waals surface area contributed by atoms with Crippen molar-refractivity contribution in [2.24, 2.45) is 5.73 Å². The molecule has 0 fully saturated rings. The van der Waals surface area contributed by atoms with Gasteiger partial charge in [-0.3, -0.25) is 4.79 Å². The number of primary amides is 1. The van der Waals surface area contributed by atoms with Gasteiger partial charge < -0.3 is 15.2 Å². The second-order valence-corrected chi connectivity index (χ2v) is 4.71. The lowest BCUT2D eigenvalue weighted by Gasteiger charge is -2.10. The van der Waals surface area contributed by atoms with Crippen LogP contribution in [0.2, 0.25) is 0 Å². The average Bonchev–Trinajstić information content (AvgIpc) is 2.54. The van der Waals surface area contributed by atoms with Crippen molar-refractivity contribution in [1.29, 1.82) is 0 Å². The normalized spacial score (nSPS) is 11.5. The highest BCUT2D eigenvalue weighted by Crippen LogP contribution is 2.21. The van der Waals surface area contributed by atoms with Gasteiger partial charge in [0.05, 0.1) is 0 Å². The molecular formula is C17H17NO4. The fraction of sp³-hybridized carbons (Fsp3) is 0.176. The second kappa shape index (κ2) is 7.26. The highest BCUT2D eigenvalue weighted by atomic mass is 16.6. The molecule has 0 unspecified atom stereocenters. The Morgan fingerprint density at radius 3 is 2.18 bits per heavy atom. The van der Waals surface area contributed by atoms with Crippen molar-refractivity contribution in [2.45, 2.75) is 13.0 Å². The van der Waals surface area contributed by atoms with E-state index in [0.29, 0.717) is 5.75 Å². The molecule has 0 aliphatic rings. The first-order chi connectivity index (χ1) is 10.6. The van der Waals surface area contributed by atoms with Crippen molar-refractivity contribution >= 4 is 11.9 Å². The van der Waals surface area contributed by atoms with E-state index in [1.54, 1.807) is 12.1 Å². The molecule has 22 heavy (non-hydrogen) atoms. The van der Waals surface area contributed by atoms with E-state index < -0.39 is 18.0 Å². The predicted molar refractivity (Wildman–Crippen MR) is 82.1 cm³/mol. The van der Waals surface area contributed by atoms with Crippen LogP contribution in [0.25, 0.3) is 11.1 Å². The Bertz CT molecular complexity index is 637. The fourth-order valence-electron chi connectivity index (χ4n) is 1.81. The number of carbonyl (C=O) groups excluding carboxylic acids is 2. The summed E-state index contributed by atoms with van der Waals surface area (Å²) in [6, 6.07) is 17.3. The minimum Gasteiger partial charge on any atom is -0.482 e. The molecule has 2 N–H and O–H groups in total. The first kappa shape index (κ1) is 15.6. The first-order valence-corrected chi connectivity index (χ1v) is 6.83. The van der Waals surface area contributed by atoms with Crippen LogP contribution in [0.3, 0.4) is 0 Å². The summed E-state index contributed by atoms with van der Waals surface area (Å²) in [7, 11) is 0. The maximum absolute atomic E-state index is 11.5. The highest BCUT2D eigenvalue weighted by molar-refractivity contribution is 5.82. The van der Waals surface area contributed by atoms with E-state index in [9.17, 15) is 9.59 Å². The molecule has 0 aliphatic carbocycles. The van der Waals surface area contributed by atoms with Crippen LogP contribution in [0.15, 0.2) is 54.6 Å². The van der Waals surface area contributed by atoms with Gasteiger partial charge in [-0.25, -0.2) is 4.79 Å². The number of hydrogen-bond acceptors (Lipinski definition) is 4. The second-order valence-electron chi connectivity index (χ2n) is 4.71. The van der Waals surface area contributed by atoms with Crippen molar-refractivity contribution in [3.63, 3.8) is 0 Å². The molecule has 0 heterocycles. The summed E-state index contributed by atoms with van der Waals surface area (Å²) in [4.78, 5) is 22.3. The van der Waals surface area contributed by atoms with Gasteiger partial charge >= 0.3 is 5.97 Å². The SMILES string of the molecule is C[C@H](OC(=O)COc1ccc(-c2ccccc2)cc1)C(N)=O. The smallest absolute Gasteiger partial charge is 0.344 e. The van der Waals surface area contributed by atoms with Gasteiger partial charge in [0, 0.05) is 0 Å². The zero-order chi connectivity index (χ0) is 15.9. The largest absolute Gasteiger partial charge is 0.482 e. The average molecular weight is 299 g/mol. The molecule has 2 rings (SSSR count). The zero-order valence-electron chi connectivity index (χ0n) is 12.2. The number of nitrogens with two attached hydrogens (primary N) is 1. The van der Waals surface area contributed by atoms with E-state index in [4.69, 9.17) is 15.2 Å². The van der Waals surface area contributed by atoms with Gasteiger partial charge in [0.2, 0.25) is 0 Å². The summed E-state index contributed by atoms with van der Waals surface area (Å²) >= 11 is 0. The van der Waals surface area contributed by atoms with Crippen LogP contribution in [-0.2, 0) is 14.3 Å². The van der Waals surface area contributed by atoms with E-state index in [0.717, 1.165) is 11.1 Å². The monoisotopic (exact) mass is 299 g/mol. The molecule has 5 nitrogen and oxygen atoms in total. The molecule has 114 valence electrons.